The second kappa shape index (κ2) is 3.53. The van der Waals surface area contributed by atoms with E-state index in [1.54, 1.807) is 13.1 Å². The number of amides is 1. The lowest BCUT2D eigenvalue weighted by molar-refractivity contribution is 0.0996. The molecule has 0 aliphatic heterocycles. The maximum Gasteiger partial charge on any atom is 0.271 e. The quantitative estimate of drug-likeness (QED) is 0.753. The Hall–Kier alpha value is -2.17. The minimum absolute atomic E-state index is 0.163. The van der Waals surface area contributed by atoms with Crippen LogP contribution in [0.1, 0.15) is 10.5 Å². The van der Waals surface area contributed by atoms with Gasteiger partial charge in [0.2, 0.25) is 0 Å². The van der Waals surface area contributed by atoms with E-state index in [0.717, 1.165) is 5.52 Å². The summed E-state index contributed by atoms with van der Waals surface area (Å²) >= 11 is 0. The first-order valence-corrected chi connectivity index (χ1v) is 4.46. The van der Waals surface area contributed by atoms with Crippen molar-refractivity contribution in [1.29, 1.82) is 0 Å². The predicted molar refractivity (Wildman–Crippen MR) is 57.6 cm³/mol. The third-order valence-electron chi connectivity index (χ3n) is 2.04. The minimum Gasteiger partial charge on any atom is -0.371 e. The molecule has 1 amide bonds. The number of hydrogen-bond donors (Lipinski definition) is 2. The van der Waals surface area contributed by atoms with Crippen molar-refractivity contribution in [2.45, 2.75) is 0 Å². The van der Waals surface area contributed by atoms with Crippen molar-refractivity contribution in [3.8, 4) is 0 Å². The van der Waals surface area contributed by atoms with Gasteiger partial charge in [0.1, 0.15) is 0 Å². The molecule has 1 aromatic carbocycles. The molecular formula is C10H10N4O. The van der Waals surface area contributed by atoms with E-state index in [9.17, 15) is 4.79 Å². The van der Waals surface area contributed by atoms with Crippen molar-refractivity contribution in [1.82, 2.24) is 9.97 Å². The van der Waals surface area contributed by atoms with Crippen molar-refractivity contribution >= 4 is 22.8 Å². The Kier molecular flexibility index (Phi) is 2.21. The van der Waals surface area contributed by atoms with Gasteiger partial charge in [0.05, 0.1) is 11.0 Å². The summed E-state index contributed by atoms with van der Waals surface area (Å²) in [5.41, 5.74) is 6.75. The van der Waals surface area contributed by atoms with Crippen LogP contribution in [-0.2, 0) is 0 Å². The summed E-state index contributed by atoms with van der Waals surface area (Å²) in [5, 5.41) is 2.79. The topological polar surface area (TPSA) is 80.9 Å². The van der Waals surface area contributed by atoms with Crippen molar-refractivity contribution < 1.29 is 4.79 Å². The van der Waals surface area contributed by atoms with Gasteiger partial charge in [-0.05, 0) is 12.1 Å². The average molecular weight is 202 g/mol. The molecule has 0 spiro atoms. The van der Waals surface area contributed by atoms with Crippen LogP contribution in [0.15, 0.2) is 24.3 Å². The lowest BCUT2D eigenvalue weighted by Gasteiger charge is -2.05. The number of carbonyl (C=O) groups is 1. The number of rotatable bonds is 2. The first kappa shape index (κ1) is 9.39. The first-order valence-electron chi connectivity index (χ1n) is 4.46. The summed E-state index contributed by atoms with van der Waals surface area (Å²) in [6.07, 6.45) is 0. The molecule has 1 heterocycles. The number of fused-ring (bicyclic) bond motifs is 1. The van der Waals surface area contributed by atoms with Gasteiger partial charge in [-0.1, -0.05) is 12.1 Å². The Morgan fingerprint density at radius 3 is 2.40 bits per heavy atom. The smallest absolute Gasteiger partial charge is 0.271 e. The third kappa shape index (κ3) is 1.59. The zero-order valence-corrected chi connectivity index (χ0v) is 8.19. The molecule has 0 radical (unpaired) electrons. The van der Waals surface area contributed by atoms with Gasteiger partial charge in [0.15, 0.2) is 11.5 Å². The molecule has 0 atom stereocenters. The fraction of sp³-hybridized carbons (Fsp3) is 0.100. The van der Waals surface area contributed by atoms with Crippen molar-refractivity contribution in [3.05, 3.63) is 30.0 Å². The Morgan fingerprint density at radius 2 is 1.87 bits per heavy atom. The lowest BCUT2D eigenvalue weighted by Crippen LogP contribution is -2.16. The SMILES string of the molecule is CNc1nc2ccccc2nc1C(N)=O. The number of nitrogens with one attached hydrogen (secondary N) is 1. The average Bonchev–Trinajstić information content (AvgIpc) is 2.27. The van der Waals surface area contributed by atoms with Gasteiger partial charge in [-0.2, -0.15) is 0 Å². The summed E-state index contributed by atoms with van der Waals surface area (Å²) in [5.74, 6) is -0.182. The van der Waals surface area contributed by atoms with E-state index in [2.05, 4.69) is 15.3 Å². The Labute approximate surface area is 86.3 Å². The lowest BCUT2D eigenvalue weighted by atomic mass is 10.3. The number of anilines is 1. The molecule has 0 fully saturated rings. The van der Waals surface area contributed by atoms with Crippen LogP contribution >= 0.6 is 0 Å². The summed E-state index contributed by atoms with van der Waals surface area (Å²) in [7, 11) is 1.67. The molecule has 15 heavy (non-hydrogen) atoms. The zero-order chi connectivity index (χ0) is 10.8. The fourth-order valence-electron chi connectivity index (χ4n) is 1.35. The first-order chi connectivity index (χ1) is 7.22. The number of aromatic nitrogens is 2. The Bertz CT molecular complexity index is 524. The van der Waals surface area contributed by atoms with Gasteiger partial charge in [0.25, 0.3) is 5.91 Å². The van der Waals surface area contributed by atoms with Crippen LogP contribution in [0.5, 0.6) is 0 Å². The highest BCUT2D eigenvalue weighted by molar-refractivity contribution is 5.97. The molecule has 3 N–H and O–H groups in total. The van der Waals surface area contributed by atoms with E-state index in [4.69, 9.17) is 5.73 Å². The molecule has 2 aromatic rings. The van der Waals surface area contributed by atoms with Crippen LogP contribution in [0.3, 0.4) is 0 Å². The monoisotopic (exact) mass is 202 g/mol. The molecule has 0 bridgehead atoms. The predicted octanol–water partition coefficient (Wildman–Crippen LogP) is 0.770. The highest BCUT2D eigenvalue weighted by Gasteiger charge is 2.11. The fourth-order valence-corrected chi connectivity index (χ4v) is 1.35. The van der Waals surface area contributed by atoms with Crippen LogP contribution < -0.4 is 11.1 Å². The molecule has 0 aliphatic carbocycles. The summed E-state index contributed by atoms with van der Waals surface area (Å²) < 4.78 is 0. The maximum atomic E-state index is 11.1. The van der Waals surface area contributed by atoms with E-state index >= 15 is 0 Å². The van der Waals surface area contributed by atoms with E-state index < -0.39 is 5.91 Å². The van der Waals surface area contributed by atoms with E-state index in [1.165, 1.54) is 0 Å². The molecule has 5 heteroatoms. The number of carbonyl (C=O) groups excluding carboxylic acids is 1. The number of nitrogens with zero attached hydrogens (tertiary/aromatic N) is 2. The van der Waals surface area contributed by atoms with E-state index in [1.807, 2.05) is 18.2 Å². The minimum atomic E-state index is -0.586. The largest absolute Gasteiger partial charge is 0.371 e. The zero-order valence-electron chi connectivity index (χ0n) is 8.19. The van der Waals surface area contributed by atoms with Gasteiger partial charge >= 0.3 is 0 Å². The Balaban J connectivity index is 2.74. The van der Waals surface area contributed by atoms with Crippen LogP contribution in [0.2, 0.25) is 0 Å². The summed E-state index contributed by atoms with van der Waals surface area (Å²) in [4.78, 5) is 19.5. The molecule has 0 saturated heterocycles. The molecule has 76 valence electrons. The van der Waals surface area contributed by atoms with Gasteiger partial charge in [-0.25, -0.2) is 9.97 Å². The van der Waals surface area contributed by atoms with Crippen LogP contribution in [0.25, 0.3) is 11.0 Å². The van der Waals surface area contributed by atoms with Gasteiger partial charge in [-0.3, -0.25) is 4.79 Å². The van der Waals surface area contributed by atoms with Crippen molar-refractivity contribution in [2.75, 3.05) is 12.4 Å². The molecule has 2 rings (SSSR count). The normalized spacial score (nSPS) is 10.2. The summed E-state index contributed by atoms with van der Waals surface area (Å²) in [6.45, 7) is 0. The maximum absolute atomic E-state index is 11.1. The van der Waals surface area contributed by atoms with E-state index in [0.29, 0.717) is 11.3 Å². The molecular weight excluding hydrogens is 192 g/mol. The number of nitrogens with two attached hydrogens (primary N) is 1. The van der Waals surface area contributed by atoms with Gasteiger partial charge < -0.3 is 11.1 Å². The highest BCUT2D eigenvalue weighted by Crippen LogP contribution is 2.15. The third-order valence-corrected chi connectivity index (χ3v) is 2.04. The van der Waals surface area contributed by atoms with Crippen molar-refractivity contribution in [3.63, 3.8) is 0 Å². The second-order valence-corrected chi connectivity index (χ2v) is 3.02. The van der Waals surface area contributed by atoms with Gasteiger partial charge in [-0.15, -0.1) is 0 Å². The molecule has 5 nitrogen and oxygen atoms in total. The number of hydrogen-bond acceptors (Lipinski definition) is 4. The van der Waals surface area contributed by atoms with Crippen LogP contribution in [-0.4, -0.2) is 22.9 Å². The van der Waals surface area contributed by atoms with Gasteiger partial charge in [0, 0.05) is 7.05 Å². The molecule has 0 aliphatic rings. The number of primary amides is 1. The number of para-hydroxylation sites is 2. The van der Waals surface area contributed by atoms with Crippen molar-refractivity contribution in [2.24, 2.45) is 5.73 Å². The highest BCUT2D eigenvalue weighted by atomic mass is 16.1. The number of benzene rings is 1. The molecule has 1 aromatic heterocycles. The standard InChI is InChI=1S/C10H10N4O/c1-12-10-8(9(11)15)13-6-4-2-3-5-7(6)14-10/h2-5H,1H3,(H2,11,15)(H,12,14). The summed E-state index contributed by atoms with van der Waals surface area (Å²) in [6, 6.07) is 7.31. The van der Waals surface area contributed by atoms with E-state index in [-0.39, 0.29) is 5.69 Å². The van der Waals surface area contributed by atoms with Crippen LogP contribution in [0, 0.1) is 0 Å². The van der Waals surface area contributed by atoms with Crippen LogP contribution in [0.4, 0.5) is 5.82 Å². The Morgan fingerprint density at radius 1 is 1.27 bits per heavy atom. The second-order valence-electron chi connectivity index (χ2n) is 3.02. The molecule has 0 unspecified atom stereocenters. The molecule has 0 saturated carbocycles.